The van der Waals surface area contributed by atoms with E-state index in [-0.39, 0.29) is 6.42 Å². The molecule has 0 spiro atoms. The van der Waals surface area contributed by atoms with Crippen LogP contribution in [-0.2, 0) is 28.9 Å². The van der Waals surface area contributed by atoms with Crippen LogP contribution < -0.4 is 5.32 Å². The monoisotopic (exact) mass is 834 g/mol. The van der Waals surface area contributed by atoms with E-state index in [9.17, 15) is 38.7 Å². The highest BCUT2D eigenvalue weighted by molar-refractivity contribution is 7.80. The van der Waals surface area contributed by atoms with E-state index in [0.717, 1.165) is 51.4 Å². The molecule has 14 heteroatoms. The Morgan fingerprint density at radius 1 is 0.702 bits per heavy atom. The molecular weight excluding hydrogens is 755 g/mol. The lowest BCUT2D eigenvalue weighted by Gasteiger charge is -2.41. The van der Waals surface area contributed by atoms with E-state index in [1.807, 2.05) is 0 Å². The quantitative estimate of drug-likeness (QED) is 0.0195. The van der Waals surface area contributed by atoms with E-state index in [1.165, 1.54) is 89.5 Å². The molecule has 0 aromatic rings. The van der Waals surface area contributed by atoms with Crippen LogP contribution in [0.15, 0.2) is 36.5 Å². The number of allylic oxidation sites excluding steroid dienone is 5. The van der Waals surface area contributed by atoms with Gasteiger partial charge in [-0.05, 0) is 44.9 Å². The molecule has 0 saturated carbocycles. The number of rotatable bonds is 36. The van der Waals surface area contributed by atoms with Crippen molar-refractivity contribution in [3.05, 3.63) is 36.5 Å². The molecule has 0 radical (unpaired) electrons. The van der Waals surface area contributed by atoms with Crippen LogP contribution in [0.4, 0.5) is 0 Å². The largest absolute Gasteiger partial charge is 0.397 e. The Hall–Kier alpha value is -1.72. The Morgan fingerprint density at radius 3 is 1.68 bits per heavy atom. The van der Waals surface area contributed by atoms with Crippen LogP contribution in [-0.4, -0.2) is 107 Å². The van der Waals surface area contributed by atoms with Gasteiger partial charge in [-0.1, -0.05) is 159 Å². The summed E-state index contributed by atoms with van der Waals surface area (Å²) in [5.74, 6) is -0.721. The summed E-state index contributed by atoms with van der Waals surface area (Å²) in [5.41, 5.74) is 0. The van der Waals surface area contributed by atoms with E-state index < -0.39 is 78.5 Å². The highest BCUT2D eigenvalue weighted by atomic mass is 32.3. The number of carbonyl (C=O) groups is 1. The van der Waals surface area contributed by atoms with Gasteiger partial charge in [0.15, 0.2) is 6.29 Å². The summed E-state index contributed by atoms with van der Waals surface area (Å²) in [6, 6.07) is -1.14. The molecular formula is C43H79NO12S. The van der Waals surface area contributed by atoms with Crippen LogP contribution in [0.1, 0.15) is 168 Å². The lowest BCUT2D eigenvalue weighted by atomic mass is 9.99. The molecule has 57 heavy (non-hydrogen) atoms. The maximum absolute atomic E-state index is 13.0. The van der Waals surface area contributed by atoms with Crippen molar-refractivity contribution in [1.29, 1.82) is 0 Å². The molecule has 0 aromatic heterocycles. The predicted octanol–water partition coefficient (Wildman–Crippen LogP) is 6.91. The minimum Gasteiger partial charge on any atom is -0.394 e. The fourth-order valence-electron chi connectivity index (χ4n) is 6.73. The number of ether oxygens (including phenoxy) is 2. The van der Waals surface area contributed by atoms with Crippen molar-refractivity contribution in [3.63, 3.8) is 0 Å². The van der Waals surface area contributed by atoms with Gasteiger partial charge in [0.05, 0.1) is 25.4 Å². The maximum atomic E-state index is 13.0. The molecule has 0 aliphatic carbocycles. The minimum absolute atomic E-state index is 0.233. The topological polar surface area (TPSA) is 212 Å². The third-order valence-corrected chi connectivity index (χ3v) is 10.7. The minimum atomic E-state index is -5.12. The highest BCUT2D eigenvalue weighted by Gasteiger charge is 2.48. The molecule has 1 heterocycles. The summed E-state index contributed by atoms with van der Waals surface area (Å²) in [4.78, 5) is 13.0. The normalized spacial score (nSPS) is 22.1. The van der Waals surface area contributed by atoms with E-state index in [1.54, 1.807) is 6.08 Å². The molecule has 0 bridgehead atoms. The Kier molecular flexibility index (Phi) is 31.8. The number of amides is 1. The fraction of sp³-hybridized carbons (Fsp3) is 0.837. The number of aliphatic hydroxyl groups excluding tert-OH is 5. The summed E-state index contributed by atoms with van der Waals surface area (Å²) in [5, 5.41) is 54.9. The van der Waals surface area contributed by atoms with Crippen molar-refractivity contribution in [1.82, 2.24) is 5.32 Å². The molecule has 1 aliphatic heterocycles. The third kappa shape index (κ3) is 26.9. The molecule has 8 atom stereocenters. The second-order valence-corrected chi connectivity index (χ2v) is 16.5. The lowest BCUT2D eigenvalue weighted by Crippen LogP contribution is -2.61. The first-order valence-electron chi connectivity index (χ1n) is 22.0. The number of unbranched alkanes of at least 4 members (excludes halogenated alkanes) is 19. The second kappa shape index (κ2) is 34.0. The van der Waals surface area contributed by atoms with Crippen LogP contribution in [0.2, 0.25) is 0 Å². The Labute approximate surface area is 344 Å². The summed E-state index contributed by atoms with van der Waals surface area (Å²) < 4.78 is 47.3. The SMILES string of the molecule is CCCCCCCCCCCC/C=C/CC/C=C/CC/C=C/C(O)C(COC1OC(CO)C(O)C(OS(=O)(=O)O)C1O)NC(=O)C(O)CCCCCCCCCC. The van der Waals surface area contributed by atoms with Gasteiger partial charge in [-0.2, -0.15) is 8.42 Å². The summed E-state index contributed by atoms with van der Waals surface area (Å²) in [6.07, 6.45) is 26.9. The number of carbonyl (C=O) groups excluding carboxylic acids is 1. The van der Waals surface area contributed by atoms with Crippen molar-refractivity contribution < 1.29 is 57.0 Å². The van der Waals surface area contributed by atoms with Crippen molar-refractivity contribution in [3.8, 4) is 0 Å². The molecule has 0 aromatic carbocycles. The zero-order valence-electron chi connectivity index (χ0n) is 35.0. The van der Waals surface area contributed by atoms with Gasteiger partial charge in [-0.15, -0.1) is 0 Å². The number of hydrogen-bond acceptors (Lipinski definition) is 11. The van der Waals surface area contributed by atoms with Gasteiger partial charge in [0.2, 0.25) is 5.91 Å². The van der Waals surface area contributed by atoms with Gasteiger partial charge in [0.1, 0.15) is 30.5 Å². The fourth-order valence-corrected chi connectivity index (χ4v) is 7.23. The highest BCUT2D eigenvalue weighted by Crippen LogP contribution is 2.26. The van der Waals surface area contributed by atoms with Crippen LogP contribution >= 0.6 is 0 Å². The zero-order valence-corrected chi connectivity index (χ0v) is 35.8. The first-order valence-corrected chi connectivity index (χ1v) is 23.3. The molecule has 1 fully saturated rings. The van der Waals surface area contributed by atoms with Gasteiger partial charge in [-0.25, -0.2) is 4.18 Å². The van der Waals surface area contributed by atoms with Crippen molar-refractivity contribution in [2.45, 2.75) is 217 Å². The zero-order chi connectivity index (χ0) is 42.2. The van der Waals surface area contributed by atoms with Crippen LogP contribution in [0.25, 0.3) is 0 Å². The Bertz CT molecular complexity index is 1180. The first kappa shape index (κ1) is 53.3. The van der Waals surface area contributed by atoms with E-state index >= 15 is 0 Å². The molecule has 1 aliphatic rings. The summed E-state index contributed by atoms with van der Waals surface area (Å²) in [6.45, 7) is 3.13. The van der Waals surface area contributed by atoms with Crippen LogP contribution in [0.3, 0.4) is 0 Å². The van der Waals surface area contributed by atoms with Crippen molar-refractivity contribution in [2.24, 2.45) is 0 Å². The smallest absolute Gasteiger partial charge is 0.394 e. The van der Waals surface area contributed by atoms with Crippen molar-refractivity contribution in [2.75, 3.05) is 13.2 Å². The second-order valence-electron chi connectivity index (χ2n) is 15.4. The van der Waals surface area contributed by atoms with E-state index in [2.05, 4.69) is 47.7 Å². The van der Waals surface area contributed by atoms with Gasteiger partial charge in [-0.3, -0.25) is 9.35 Å². The maximum Gasteiger partial charge on any atom is 0.397 e. The van der Waals surface area contributed by atoms with E-state index in [4.69, 9.17) is 14.0 Å². The summed E-state index contributed by atoms with van der Waals surface area (Å²) >= 11 is 0. The van der Waals surface area contributed by atoms with Gasteiger partial charge in [0, 0.05) is 0 Å². The standard InChI is InChI=1S/C43H79NO12S/c1-3-5-7-9-11-13-14-15-16-17-18-19-20-21-22-23-24-26-27-29-31-36(46)35(44-42(50)37(47)32-30-28-25-12-10-8-6-4-2)34-54-43-40(49)41(56-57(51,52)53)39(48)38(33-45)55-43/h19-20,23-24,29,31,35-41,43,45-49H,3-18,21-22,25-28,30,32-34H2,1-2H3,(H,44,50)(H,51,52,53)/b20-19+,24-23+,31-29+. The Balaban J connectivity index is 2.62. The molecule has 334 valence electrons. The number of aliphatic hydroxyl groups is 5. The lowest BCUT2D eigenvalue weighted by molar-refractivity contribution is -0.298. The number of nitrogens with one attached hydrogen (secondary N) is 1. The molecule has 1 amide bonds. The molecule has 1 rings (SSSR count). The van der Waals surface area contributed by atoms with Gasteiger partial charge >= 0.3 is 10.4 Å². The van der Waals surface area contributed by atoms with E-state index in [0.29, 0.717) is 12.8 Å². The van der Waals surface area contributed by atoms with Gasteiger partial charge in [0.25, 0.3) is 0 Å². The predicted molar refractivity (Wildman–Crippen MR) is 224 cm³/mol. The van der Waals surface area contributed by atoms with Crippen LogP contribution in [0, 0.1) is 0 Å². The molecule has 1 saturated heterocycles. The molecule has 7 N–H and O–H groups in total. The van der Waals surface area contributed by atoms with Crippen LogP contribution in [0.5, 0.6) is 0 Å². The molecule has 8 unspecified atom stereocenters. The third-order valence-electron chi connectivity index (χ3n) is 10.3. The van der Waals surface area contributed by atoms with Crippen molar-refractivity contribution >= 4 is 16.3 Å². The Morgan fingerprint density at radius 2 is 1.18 bits per heavy atom. The van der Waals surface area contributed by atoms with Gasteiger partial charge < -0.3 is 40.3 Å². The first-order chi connectivity index (χ1) is 27.4. The number of hydrogen-bond donors (Lipinski definition) is 7. The average molecular weight is 834 g/mol. The molecule has 13 nitrogen and oxygen atoms in total. The average Bonchev–Trinajstić information content (AvgIpc) is 3.18. The summed E-state index contributed by atoms with van der Waals surface area (Å²) in [7, 11) is -5.12.